The summed E-state index contributed by atoms with van der Waals surface area (Å²) in [5.74, 6) is -0.389. The van der Waals surface area contributed by atoms with Gasteiger partial charge in [0.15, 0.2) is 0 Å². The van der Waals surface area contributed by atoms with Gasteiger partial charge >= 0.3 is 12.0 Å². The number of nitrogens with one attached hydrogen (secondary N) is 2. The van der Waals surface area contributed by atoms with Crippen LogP contribution in [0.15, 0.2) is 40.0 Å². The van der Waals surface area contributed by atoms with Gasteiger partial charge in [0.2, 0.25) is 0 Å². The van der Waals surface area contributed by atoms with E-state index in [1.165, 1.54) is 0 Å². The third kappa shape index (κ3) is 4.26. The molecule has 0 bridgehead atoms. The summed E-state index contributed by atoms with van der Waals surface area (Å²) in [6, 6.07) is 8.22. The van der Waals surface area contributed by atoms with Crippen molar-refractivity contribution in [2.45, 2.75) is 18.7 Å². The average Bonchev–Trinajstić information content (AvgIpc) is 2.81. The normalized spacial score (nSPS) is 10.3. The first-order valence-corrected chi connectivity index (χ1v) is 7.98. The van der Waals surface area contributed by atoms with Crippen molar-refractivity contribution in [3.05, 3.63) is 46.4 Å². The van der Waals surface area contributed by atoms with Gasteiger partial charge in [0, 0.05) is 11.4 Å². The van der Waals surface area contributed by atoms with E-state index in [0.717, 1.165) is 16.4 Å². The minimum absolute atomic E-state index is 0.0160. The molecule has 0 fully saturated rings. The van der Waals surface area contributed by atoms with Crippen LogP contribution >= 0.6 is 11.8 Å². The molecule has 1 aromatic heterocycles. The smallest absolute Gasteiger partial charge is 0.348 e. The number of ether oxygens (including phenoxy) is 1. The predicted molar refractivity (Wildman–Crippen MR) is 88.0 cm³/mol. The Kier molecular flexibility index (Phi) is 5.64. The third-order valence-corrected chi connectivity index (χ3v) is 4.03. The molecule has 8 heteroatoms. The van der Waals surface area contributed by atoms with Crippen LogP contribution in [-0.4, -0.2) is 34.1 Å². The number of hydrogen-bond acceptors (Lipinski definition) is 5. The number of rotatable bonds is 5. The number of H-pyrrole nitrogens is 1. The number of aryl methyl sites for hydroxylation is 1. The van der Waals surface area contributed by atoms with E-state index in [2.05, 4.69) is 10.4 Å². The lowest BCUT2D eigenvalue weighted by atomic mass is 10.3. The van der Waals surface area contributed by atoms with Crippen LogP contribution in [0.25, 0.3) is 0 Å². The number of benzene rings is 1. The van der Waals surface area contributed by atoms with Crippen molar-refractivity contribution >= 4 is 29.4 Å². The second-order valence-corrected chi connectivity index (χ2v) is 5.58. The fourth-order valence-corrected chi connectivity index (χ4v) is 2.70. The second-order valence-electron chi connectivity index (χ2n) is 4.60. The van der Waals surface area contributed by atoms with Crippen molar-refractivity contribution in [3.8, 4) is 0 Å². The fraction of sp³-hybridized carbons (Fsp3) is 0.267. The van der Waals surface area contributed by atoms with Gasteiger partial charge in [-0.15, -0.1) is 11.8 Å². The summed E-state index contributed by atoms with van der Waals surface area (Å²) in [5, 5.41) is 5.32. The molecule has 0 atom stereocenters. The number of amides is 1. The molecule has 2 N–H and O–H groups in total. The van der Waals surface area contributed by atoms with Crippen LogP contribution in [0.2, 0.25) is 0 Å². The van der Waals surface area contributed by atoms with Gasteiger partial charge in [-0.25, -0.2) is 4.79 Å². The number of hydrogen-bond donors (Lipinski definition) is 2. The number of aromatic nitrogens is 2. The molecule has 0 aliphatic carbocycles. The summed E-state index contributed by atoms with van der Waals surface area (Å²) >= 11 is 1.05. The second kappa shape index (κ2) is 7.68. The van der Waals surface area contributed by atoms with E-state index in [1.807, 2.05) is 6.07 Å². The van der Waals surface area contributed by atoms with Crippen LogP contribution in [-0.2, 0) is 9.53 Å². The number of carbonyl (C=O) groups is 2. The van der Waals surface area contributed by atoms with Crippen LogP contribution in [0.1, 0.15) is 12.6 Å². The van der Waals surface area contributed by atoms with E-state index in [4.69, 9.17) is 4.74 Å². The Morgan fingerprint density at radius 3 is 2.65 bits per heavy atom. The molecule has 2 aromatic rings. The number of anilines is 1. The van der Waals surface area contributed by atoms with Gasteiger partial charge in [0.25, 0.3) is 5.56 Å². The molecular weight excluding hydrogens is 318 g/mol. The Bertz CT molecular complexity index is 752. The Balaban J connectivity index is 2.12. The van der Waals surface area contributed by atoms with Crippen molar-refractivity contribution < 1.29 is 14.3 Å². The molecule has 2 rings (SSSR count). The summed E-state index contributed by atoms with van der Waals surface area (Å²) in [7, 11) is 0. The number of carbonyl (C=O) groups excluding carboxylic acids is 2. The molecule has 0 unspecified atom stereocenters. The van der Waals surface area contributed by atoms with E-state index in [1.54, 1.807) is 38.1 Å². The van der Waals surface area contributed by atoms with Gasteiger partial charge in [-0.05, 0) is 26.0 Å². The topological polar surface area (TPSA) is 93.2 Å². The number of nitrogens with zero attached hydrogens (tertiary/aromatic N) is 1. The zero-order chi connectivity index (χ0) is 16.8. The molecular formula is C15H17N3O4S. The third-order valence-electron chi connectivity index (χ3n) is 2.89. The highest BCUT2D eigenvalue weighted by Crippen LogP contribution is 2.17. The minimum Gasteiger partial charge on any atom is -0.465 e. The highest BCUT2D eigenvalue weighted by molar-refractivity contribution is 8.00. The van der Waals surface area contributed by atoms with E-state index >= 15 is 0 Å². The lowest BCUT2D eigenvalue weighted by molar-refractivity contribution is -0.139. The largest absolute Gasteiger partial charge is 0.465 e. The van der Waals surface area contributed by atoms with E-state index in [0.29, 0.717) is 16.3 Å². The van der Waals surface area contributed by atoms with Gasteiger partial charge in [-0.1, -0.05) is 18.2 Å². The van der Waals surface area contributed by atoms with Crippen molar-refractivity contribution in [2.24, 2.45) is 0 Å². The average molecular weight is 335 g/mol. The maximum atomic E-state index is 12.3. The summed E-state index contributed by atoms with van der Waals surface area (Å²) in [6.07, 6.45) is 0. The number of para-hydroxylation sites is 1. The molecule has 0 saturated heterocycles. The highest BCUT2D eigenvalue weighted by atomic mass is 32.2. The van der Waals surface area contributed by atoms with Gasteiger partial charge < -0.3 is 10.1 Å². The molecule has 7 nitrogen and oxygen atoms in total. The summed E-state index contributed by atoms with van der Waals surface area (Å²) < 4.78 is 5.70. The Morgan fingerprint density at radius 2 is 2.00 bits per heavy atom. The molecule has 1 aromatic carbocycles. The molecule has 0 spiro atoms. The van der Waals surface area contributed by atoms with Gasteiger partial charge in [-0.2, -0.15) is 4.68 Å². The van der Waals surface area contributed by atoms with Crippen LogP contribution in [0.5, 0.6) is 0 Å². The minimum atomic E-state index is -0.590. The van der Waals surface area contributed by atoms with E-state index in [9.17, 15) is 14.4 Å². The quantitative estimate of drug-likeness (QED) is 0.645. The molecule has 0 radical (unpaired) electrons. The SMILES string of the molecule is CCOC(=O)CSc1c(C)[nH]n(C(=O)Nc2ccccc2)c1=O. The lowest BCUT2D eigenvalue weighted by Crippen LogP contribution is -2.30. The van der Waals surface area contributed by atoms with Gasteiger partial charge in [0.1, 0.15) is 0 Å². The van der Waals surface area contributed by atoms with Gasteiger partial charge in [0.05, 0.1) is 17.3 Å². The Hall–Kier alpha value is -2.48. The first kappa shape index (κ1) is 16.9. The zero-order valence-corrected chi connectivity index (χ0v) is 13.6. The number of esters is 1. The molecule has 0 aliphatic heterocycles. The van der Waals surface area contributed by atoms with Crippen molar-refractivity contribution in [2.75, 3.05) is 17.7 Å². The molecule has 0 aliphatic rings. The summed E-state index contributed by atoms with van der Waals surface area (Å²) in [6.45, 7) is 3.67. The predicted octanol–water partition coefficient (Wildman–Crippen LogP) is 2.22. The van der Waals surface area contributed by atoms with E-state index < -0.39 is 17.6 Å². The van der Waals surface area contributed by atoms with Crippen LogP contribution in [0.4, 0.5) is 10.5 Å². The van der Waals surface area contributed by atoms with Gasteiger partial charge in [-0.3, -0.25) is 14.7 Å². The monoisotopic (exact) mass is 335 g/mol. The van der Waals surface area contributed by atoms with Crippen molar-refractivity contribution in [1.82, 2.24) is 9.78 Å². The maximum Gasteiger partial charge on any atom is 0.348 e. The fourth-order valence-electron chi connectivity index (χ4n) is 1.88. The van der Waals surface area contributed by atoms with Crippen LogP contribution < -0.4 is 10.9 Å². The number of thioether (sulfide) groups is 1. The van der Waals surface area contributed by atoms with Crippen molar-refractivity contribution in [3.63, 3.8) is 0 Å². The molecule has 23 heavy (non-hydrogen) atoms. The Labute approximate surface area is 137 Å². The molecule has 0 saturated carbocycles. The van der Waals surface area contributed by atoms with Crippen molar-refractivity contribution in [1.29, 1.82) is 0 Å². The molecule has 122 valence electrons. The molecule has 1 amide bonds. The highest BCUT2D eigenvalue weighted by Gasteiger charge is 2.18. The summed E-state index contributed by atoms with van der Waals surface area (Å²) in [4.78, 5) is 36.2. The standard InChI is InChI=1S/C15H17N3O4S/c1-3-22-12(19)9-23-13-10(2)17-18(14(13)20)15(21)16-11-7-5-4-6-8-11/h4-8,17H,3,9H2,1-2H3,(H,16,21). The van der Waals surface area contributed by atoms with E-state index in [-0.39, 0.29) is 12.4 Å². The zero-order valence-electron chi connectivity index (χ0n) is 12.8. The first-order chi connectivity index (χ1) is 11.0. The molecule has 1 heterocycles. The summed E-state index contributed by atoms with van der Waals surface area (Å²) in [5.41, 5.74) is 0.607. The maximum absolute atomic E-state index is 12.3. The van der Waals surface area contributed by atoms with Crippen LogP contribution in [0, 0.1) is 6.92 Å². The number of aromatic amines is 1. The van der Waals surface area contributed by atoms with Crippen LogP contribution in [0.3, 0.4) is 0 Å². The first-order valence-electron chi connectivity index (χ1n) is 6.99. The Morgan fingerprint density at radius 1 is 1.30 bits per heavy atom. The lowest BCUT2D eigenvalue weighted by Gasteiger charge is -2.04.